The molecule has 0 amide bonds. The van der Waals surface area contributed by atoms with E-state index in [1.807, 2.05) is 6.92 Å². The van der Waals surface area contributed by atoms with Crippen molar-refractivity contribution >= 4 is 39.1 Å². The molecule has 0 unspecified atom stereocenters. The first-order valence-electron chi connectivity index (χ1n) is 8.40. The van der Waals surface area contributed by atoms with Crippen molar-refractivity contribution in [1.29, 1.82) is 0 Å². The van der Waals surface area contributed by atoms with Crippen LogP contribution in [0.3, 0.4) is 0 Å². The van der Waals surface area contributed by atoms with Crippen LogP contribution in [0, 0.1) is 0 Å². The Labute approximate surface area is 171 Å². The molecule has 132 valence electrons. The largest absolute Gasteiger partial charge is 1.00 e. The molecule has 0 saturated heterocycles. The third-order valence-corrected chi connectivity index (χ3v) is 8.55. The van der Waals surface area contributed by atoms with Crippen molar-refractivity contribution in [3.8, 4) is 0 Å². The van der Waals surface area contributed by atoms with Crippen LogP contribution in [0.5, 0.6) is 0 Å². The highest BCUT2D eigenvalue weighted by atomic mass is 79.9. The predicted molar refractivity (Wildman–Crippen MR) is 115 cm³/mol. The van der Waals surface area contributed by atoms with Crippen LogP contribution in [0.25, 0.3) is 0 Å². The van der Waals surface area contributed by atoms with Crippen molar-refractivity contribution in [2.24, 2.45) is 0 Å². The minimum atomic E-state index is -1.53. The molecule has 0 aliphatic carbocycles. The van der Waals surface area contributed by atoms with Gasteiger partial charge in [0, 0.05) is 5.33 Å². The van der Waals surface area contributed by atoms with Gasteiger partial charge in [-0.3, -0.25) is 0 Å². The molecule has 3 aromatic rings. The van der Waals surface area contributed by atoms with E-state index in [4.69, 9.17) is 0 Å². The Kier molecular flexibility index (Phi) is 10.3. The summed E-state index contributed by atoms with van der Waals surface area (Å²) in [5.74, 6) is 0. The minimum absolute atomic E-state index is 0. The van der Waals surface area contributed by atoms with Gasteiger partial charge in [-0.2, -0.15) is 0 Å². The molecule has 0 bridgehead atoms. The molecule has 0 radical (unpaired) electrons. The Morgan fingerprint density at radius 1 is 0.600 bits per heavy atom. The Morgan fingerprint density at radius 3 is 1.04 bits per heavy atom. The lowest BCUT2D eigenvalue weighted by atomic mass is 10.4. The van der Waals surface area contributed by atoms with Crippen LogP contribution >= 0.6 is 23.2 Å². The first-order valence-corrected chi connectivity index (χ1v) is 11.5. The lowest BCUT2D eigenvalue weighted by Gasteiger charge is -2.26. The van der Waals surface area contributed by atoms with Gasteiger partial charge in [-0.15, -0.1) is 0 Å². The third-order valence-electron chi connectivity index (χ3n) is 4.07. The van der Waals surface area contributed by atoms with Crippen LogP contribution in [-0.2, 0) is 0 Å². The van der Waals surface area contributed by atoms with Gasteiger partial charge < -0.3 is 17.0 Å². The normalized spacial score (nSPS) is 10.2. The molecule has 25 heavy (non-hydrogen) atoms. The van der Waals surface area contributed by atoms with E-state index in [2.05, 4.69) is 114 Å². The summed E-state index contributed by atoms with van der Waals surface area (Å²) in [6.45, 7) is 4.36. The van der Waals surface area contributed by atoms with Crippen LogP contribution in [-0.4, -0.2) is 11.5 Å². The second-order valence-electron chi connectivity index (χ2n) is 5.40. The smallest absolute Gasteiger partial charge is 0.111 e. The molecule has 0 aromatic heterocycles. The first-order chi connectivity index (χ1) is 11.8. The lowest BCUT2D eigenvalue weighted by molar-refractivity contribution is -0.00000471. The summed E-state index contributed by atoms with van der Waals surface area (Å²) >= 11 is 3.15. The Balaban J connectivity index is 0.000000730. The highest BCUT2D eigenvalue weighted by Gasteiger charge is 2.43. The van der Waals surface area contributed by atoms with E-state index in [-0.39, 0.29) is 17.0 Å². The molecule has 0 fully saturated rings. The summed E-state index contributed by atoms with van der Waals surface area (Å²) in [4.78, 5) is 0. The number of benzene rings is 3. The van der Waals surface area contributed by atoms with Gasteiger partial charge in [0.2, 0.25) is 0 Å². The van der Waals surface area contributed by atoms with Crippen LogP contribution < -0.4 is 32.9 Å². The fourth-order valence-electron chi connectivity index (χ4n) is 3.04. The van der Waals surface area contributed by atoms with Gasteiger partial charge in [0.15, 0.2) is 0 Å². The van der Waals surface area contributed by atoms with E-state index in [0.29, 0.717) is 0 Å². The average Bonchev–Trinajstić information content (AvgIpc) is 2.66. The van der Waals surface area contributed by atoms with E-state index in [1.54, 1.807) is 0 Å². The highest BCUT2D eigenvalue weighted by Crippen LogP contribution is 2.54. The maximum Gasteiger partial charge on any atom is 0.111 e. The highest BCUT2D eigenvalue weighted by molar-refractivity contribution is 9.09. The minimum Gasteiger partial charge on any atom is -1.00 e. The van der Waals surface area contributed by atoms with Crippen molar-refractivity contribution < 1.29 is 17.0 Å². The van der Waals surface area contributed by atoms with Gasteiger partial charge in [-0.25, -0.2) is 0 Å². The first kappa shape index (κ1) is 22.1. The van der Waals surface area contributed by atoms with E-state index in [0.717, 1.165) is 11.5 Å². The van der Waals surface area contributed by atoms with E-state index < -0.39 is 7.26 Å². The number of hydrogen-bond donors (Lipinski definition) is 0. The SMILES string of the molecule is CCBr.CC[P+](c1ccccc1)(c1ccccc1)c1ccccc1.[Br-]. The summed E-state index contributed by atoms with van der Waals surface area (Å²) in [6, 6.07) is 33.0. The second-order valence-corrected chi connectivity index (χ2v) is 10.3. The molecule has 0 spiro atoms. The van der Waals surface area contributed by atoms with Crippen LogP contribution in [0.15, 0.2) is 91.0 Å². The zero-order valence-corrected chi connectivity index (χ0v) is 18.8. The molecule has 0 nitrogen and oxygen atoms in total. The summed E-state index contributed by atoms with van der Waals surface area (Å²) in [5.41, 5.74) is 0. The maximum atomic E-state index is 3.15. The molecule has 3 rings (SSSR count). The van der Waals surface area contributed by atoms with Gasteiger partial charge >= 0.3 is 0 Å². The number of alkyl halides is 1. The summed E-state index contributed by atoms with van der Waals surface area (Å²) in [7, 11) is -1.53. The van der Waals surface area contributed by atoms with Crippen molar-refractivity contribution in [2.45, 2.75) is 13.8 Å². The Hall–Kier alpha value is -0.950. The number of rotatable bonds is 4. The van der Waals surface area contributed by atoms with Gasteiger partial charge in [0.1, 0.15) is 23.2 Å². The fourth-order valence-corrected chi connectivity index (χ4v) is 7.08. The zero-order chi connectivity index (χ0) is 17.3. The third kappa shape index (κ3) is 5.26. The number of halogens is 2. The van der Waals surface area contributed by atoms with E-state index >= 15 is 0 Å². The number of hydrogen-bond acceptors (Lipinski definition) is 0. The Bertz CT molecular complexity index is 603. The molecule has 0 N–H and O–H groups in total. The van der Waals surface area contributed by atoms with Crippen LogP contribution in [0.2, 0.25) is 0 Å². The molecule has 0 heterocycles. The fraction of sp³-hybridized carbons (Fsp3) is 0.182. The molecule has 0 aliphatic rings. The molecule has 0 saturated carbocycles. The zero-order valence-electron chi connectivity index (χ0n) is 14.8. The lowest BCUT2D eigenvalue weighted by Crippen LogP contribution is -3.00. The molecule has 3 heteroatoms. The second kappa shape index (κ2) is 11.6. The monoisotopic (exact) mass is 478 g/mol. The standard InChI is InChI=1S/C20H20P.C2H5Br.BrH/c1-2-21(18-12-6-3-7-13-18,19-14-8-4-9-15-19)20-16-10-5-11-17-20;1-2-3;/h3-17H,2H2,1H3;2H2,1H3;1H/q+1;;/p-1. The topological polar surface area (TPSA) is 0 Å². The van der Waals surface area contributed by atoms with Gasteiger partial charge in [0.05, 0.1) is 6.16 Å². The molecular formula is C22H25Br2P. The van der Waals surface area contributed by atoms with Crippen molar-refractivity contribution in [3.05, 3.63) is 91.0 Å². The maximum absolute atomic E-state index is 3.15. The molecular weight excluding hydrogens is 455 g/mol. The van der Waals surface area contributed by atoms with Crippen LogP contribution in [0.1, 0.15) is 13.8 Å². The quantitative estimate of drug-likeness (QED) is 0.398. The van der Waals surface area contributed by atoms with Crippen molar-refractivity contribution in [1.82, 2.24) is 0 Å². The molecule has 3 aromatic carbocycles. The van der Waals surface area contributed by atoms with Crippen molar-refractivity contribution in [2.75, 3.05) is 11.5 Å². The van der Waals surface area contributed by atoms with E-state index in [1.165, 1.54) is 15.9 Å². The van der Waals surface area contributed by atoms with Gasteiger partial charge in [-0.05, 0) is 43.3 Å². The summed E-state index contributed by atoms with van der Waals surface area (Å²) < 4.78 is 0. The van der Waals surface area contributed by atoms with Gasteiger partial charge in [0.25, 0.3) is 0 Å². The predicted octanol–water partition coefficient (Wildman–Crippen LogP) is 2.41. The van der Waals surface area contributed by atoms with Gasteiger partial charge in [-0.1, -0.05) is 77.5 Å². The van der Waals surface area contributed by atoms with E-state index in [9.17, 15) is 0 Å². The Morgan fingerprint density at radius 2 is 0.840 bits per heavy atom. The van der Waals surface area contributed by atoms with Crippen molar-refractivity contribution in [3.63, 3.8) is 0 Å². The molecule has 0 atom stereocenters. The molecule has 0 aliphatic heterocycles. The van der Waals surface area contributed by atoms with Crippen LogP contribution in [0.4, 0.5) is 0 Å². The average molecular weight is 480 g/mol. The summed E-state index contributed by atoms with van der Waals surface area (Å²) in [5, 5.41) is 5.45. The summed E-state index contributed by atoms with van der Waals surface area (Å²) in [6.07, 6.45) is 1.14.